The number of nitrogens with one attached hydrogen (secondary N) is 2. The van der Waals surface area contributed by atoms with Crippen molar-refractivity contribution in [2.45, 2.75) is 56.9 Å². The fourth-order valence-electron chi connectivity index (χ4n) is 7.79. The largest absolute Gasteiger partial charge is 0.379 e. The minimum Gasteiger partial charge on any atom is -0.379 e. The number of nitrogens with zero attached hydrogens (tertiary/aromatic N) is 6. The Bertz CT molecular complexity index is 1810. The quantitative estimate of drug-likeness (QED) is 0.337. The third kappa shape index (κ3) is 7.21. The minimum absolute atomic E-state index is 0.125. The van der Waals surface area contributed by atoms with Crippen LogP contribution in [0.25, 0.3) is 0 Å². The predicted molar refractivity (Wildman–Crippen MR) is 189 cm³/mol. The normalized spacial score (nSPS) is 23.9. The van der Waals surface area contributed by atoms with Crippen LogP contribution in [-0.2, 0) is 36.3 Å². The van der Waals surface area contributed by atoms with Gasteiger partial charge in [-0.1, -0.05) is 36.4 Å². The number of fused-ring (bicyclic) bond motifs is 1. The highest BCUT2D eigenvalue weighted by Crippen LogP contribution is 2.32. The Morgan fingerprint density at radius 3 is 2.41 bits per heavy atom. The Morgan fingerprint density at radius 2 is 1.67 bits per heavy atom. The number of rotatable bonds is 8. The van der Waals surface area contributed by atoms with Crippen molar-refractivity contribution >= 4 is 39.3 Å². The standard InChI is InChI=1S/C36H43BrN8O4/c1-41-19-26(16-27(21-41)39-30-17-38-42(2)36(49)33(30)37)24-8-6-23(7-9-24)18-43-12-14-44(15-13-43)20-25-4-3-5-28-29(25)22-45(35(28)48)31-10-11-32(46)40-34(31)47/h3-9,17,26-27,31,39H,10-16,18-22H2,1-2H3,(H,40,46,47). The number of piperazine rings is 1. The highest BCUT2D eigenvalue weighted by molar-refractivity contribution is 9.10. The van der Waals surface area contributed by atoms with Crippen molar-refractivity contribution in [3.63, 3.8) is 0 Å². The highest BCUT2D eigenvalue weighted by Gasteiger charge is 2.40. The lowest BCUT2D eigenvalue weighted by atomic mass is 9.87. The number of amides is 3. The molecule has 2 aromatic carbocycles. The van der Waals surface area contributed by atoms with Crippen molar-refractivity contribution in [2.75, 3.05) is 51.6 Å². The molecule has 0 saturated carbocycles. The zero-order chi connectivity index (χ0) is 34.2. The van der Waals surface area contributed by atoms with Crippen LogP contribution in [0.5, 0.6) is 0 Å². The van der Waals surface area contributed by atoms with E-state index < -0.39 is 6.04 Å². The highest BCUT2D eigenvalue weighted by atomic mass is 79.9. The lowest BCUT2D eigenvalue weighted by Gasteiger charge is -2.37. The number of carbonyl (C=O) groups excluding carboxylic acids is 3. The van der Waals surface area contributed by atoms with Crippen LogP contribution in [0.1, 0.15) is 57.8 Å². The molecular weight excluding hydrogens is 688 g/mol. The lowest BCUT2D eigenvalue weighted by molar-refractivity contribution is -0.136. The number of hydrogen-bond donors (Lipinski definition) is 2. The summed E-state index contributed by atoms with van der Waals surface area (Å²) in [5, 5.41) is 10.1. The molecule has 3 aromatic rings. The van der Waals surface area contributed by atoms with Crippen molar-refractivity contribution in [3.8, 4) is 0 Å². The summed E-state index contributed by atoms with van der Waals surface area (Å²) in [7, 11) is 3.79. The van der Waals surface area contributed by atoms with Gasteiger partial charge in [0, 0.05) is 84.0 Å². The van der Waals surface area contributed by atoms with Gasteiger partial charge in [-0.3, -0.25) is 34.3 Å². The molecule has 0 spiro atoms. The van der Waals surface area contributed by atoms with E-state index in [-0.39, 0.29) is 35.7 Å². The molecule has 5 heterocycles. The van der Waals surface area contributed by atoms with Gasteiger partial charge >= 0.3 is 0 Å². The third-order valence-corrected chi connectivity index (χ3v) is 11.2. The Hall–Kier alpha value is -3.91. The molecule has 3 atom stereocenters. The summed E-state index contributed by atoms with van der Waals surface area (Å²) in [6.07, 6.45) is 3.31. The van der Waals surface area contributed by atoms with Gasteiger partial charge in [-0.05, 0) is 70.1 Å². The first-order valence-corrected chi connectivity index (χ1v) is 17.9. The van der Waals surface area contributed by atoms with Crippen LogP contribution in [0.3, 0.4) is 0 Å². The van der Waals surface area contributed by atoms with E-state index in [1.807, 2.05) is 12.1 Å². The lowest BCUT2D eigenvalue weighted by Crippen LogP contribution is -2.52. The van der Waals surface area contributed by atoms with Crippen LogP contribution >= 0.6 is 15.9 Å². The first-order chi connectivity index (χ1) is 23.6. The molecule has 49 heavy (non-hydrogen) atoms. The molecule has 12 nitrogen and oxygen atoms in total. The smallest absolute Gasteiger partial charge is 0.282 e. The Kier molecular flexibility index (Phi) is 9.69. The molecule has 258 valence electrons. The number of aryl methyl sites for hydroxylation is 1. The SMILES string of the molecule is CN1CC(Nc2cnn(C)c(=O)c2Br)CC(c2ccc(CN3CCN(Cc4cccc5c4CN(C4CCC(=O)NC4=O)C5=O)CC3)cc2)C1. The first-order valence-electron chi connectivity index (χ1n) is 17.1. The molecule has 3 amide bonds. The molecule has 3 saturated heterocycles. The average Bonchev–Trinajstić information content (AvgIpc) is 3.42. The maximum absolute atomic E-state index is 13.2. The summed E-state index contributed by atoms with van der Waals surface area (Å²) in [6.45, 7) is 7.77. The zero-order valence-corrected chi connectivity index (χ0v) is 29.6. The molecule has 2 N–H and O–H groups in total. The van der Waals surface area contributed by atoms with Gasteiger partial charge in [0.05, 0.1) is 11.9 Å². The summed E-state index contributed by atoms with van der Waals surface area (Å²) < 4.78 is 1.84. The number of likely N-dealkylation sites (tertiary alicyclic amines) is 1. The Balaban J connectivity index is 0.914. The van der Waals surface area contributed by atoms with Crippen molar-refractivity contribution < 1.29 is 14.4 Å². The number of carbonyl (C=O) groups is 3. The predicted octanol–water partition coefficient (Wildman–Crippen LogP) is 2.52. The van der Waals surface area contributed by atoms with E-state index >= 15 is 0 Å². The fraction of sp³-hybridized carbons (Fsp3) is 0.472. The van der Waals surface area contributed by atoms with Crippen LogP contribution in [0.2, 0.25) is 0 Å². The van der Waals surface area contributed by atoms with Gasteiger partial charge in [-0.25, -0.2) is 4.68 Å². The Labute approximate surface area is 294 Å². The van der Waals surface area contributed by atoms with E-state index in [1.165, 1.54) is 15.8 Å². The molecule has 0 bridgehead atoms. The molecule has 0 aliphatic carbocycles. The number of anilines is 1. The second-order valence-electron chi connectivity index (χ2n) is 13.9. The van der Waals surface area contributed by atoms with E-state index in [0.717, 1.165) is 75.6 Å². The molecule has 4 aliphatic heterocycles. The van der Waals surface area contributed by atoms with Crippen molar-refractivity contribution in [1.29, 1.82) is 0 Å². The summed E-state index contributed by atoms with van der Waals surface area (Å²) in [4.78, 5) is 58.6. The molecule has 3 fully saturated rings. The van der Waals surface area contributed by atoms with E-state index in [2.05, 4.69) is 83.7 Å². The summed E-state index contributed by atoms with van der Waals surface area (Å²) in [5.74, 6) is -0.389. The summed E-state index contributed by atoms with van der Waals surface area (Å²) >= 11 is 3.44. The monoisotopic (exact) mass is 730 g/mol. The van der Waals surface area contributed by atoms with E-state index in [0.29, 0.717) is 28.9 Å². The van der Waals surface area contributed by atoms with Gasteiger partial charge in [0.25, 0.3) is 11.5 Å². The van der Waals surface area contributed by atoms with Gasteiger partial charge in [-0.2, -0.15) is 5.10 Å². The van der Waals surface area contributed by atoms with Gasteiger partial charge in [0.15, 0.2) is 0 Å². The molecule has 7 rings (SSSR count). The van der Waals surface area contributed by atoms with Crippen LogP contribution in [0.4, 0.5) is 5.69 Å². The Morgan fingerprint density at radius 1 is 0.939 bits per heavy atom. The number of piperidine rings is 2. The number of imide groups is 1. The number of halogens is 1. The molecule has 3 unspecified atom stereocenters. The number of benzene rings is 2. The van der Waals surface area contributed by atoms with Crippen molar-refractivity contribution in [2.24, 2.45) is 7.05 Å². The molecule has 0 radical (unpaired) electrons. The maximum Gasteiger partial charge on any atom is 0.282 e. The summed E-state index contributed by atoms with van der Waals surface area (Å²) in [6, 6.07) is 14.6. The molecular formula is C36H43BrN8O4. The first kappa shape index (κ1) is 33.6. The molecule has 1 aromatic heterocycles. The van der Waals surface area contributed by atoms with E-state index in [4.69, 9.17) is 0 Å². The van der Waals surface area contributed by atoms with E-state index in [9.17, 15) is 19.2 Å². The van der Waals surface area contributed by atoms with Crippen LogP contribution in [-0.4, -0.2) is 106 Å². The van der Waals surface area contributed by atoms with Gasteiger partial charge < -0.3 is 15.1 Å². The second-order valence-corrected chi connectivity index (χ2v) is 14.7. The zero-order valence-electron chi connectivity index (χ0n) is 28.0. The van der Waals surface area contributed by atoms with Gasteiger partial charge in [0.1, 0.15) is 10.5 Å². The topological polar surface area (TPSA) is 123 Å². The van der Waals surface area contributed by atoms with E-state index in [1.54, 1.807) is 18.1 Å². The molecule has 4 aliphatic rings. The summed E-state index contributed by atoms with van der Waals surface area (Å²) in [5.41, 5.74) is 6.02. The van der Waals surface area contributed by atoms with Gasteiger partial charge in [-0.15, -0.1) is 0 Å². The van der Waals surface area contributed by atoms with Crippen LogP contribution in [0, 0.1) is 0 Å². The van der Waals surface area contributed by atoms with Crippen LogP contribution < -0.4 is 16.2 Å². The van der Waals surface area contributed by atoms with Crippen LogP contribution in [0.15, 0.2) is 57.9 Å². The average molecular weight is 732 g/mol. The fourth-order valence-corrected chi connectivity index (χ4v) is 8.27. The third-order valence-electron chi connectivity index (χ3n) is 10.5. The number of hydrogen-bond acceptors (Lipinski definition) is 9. The molecule has 13 heteroatoms. The van der Waals surface area contributed by atoms with Crippen molar-refractivity contribution in [1.82, 2.24) is 34.7 Å². The number of aromatic nitrogens is 2. The number of likely N-dealkylation sites (N-methyl/N-ethyl adjacent to an activating group) is 1. The second kappa shape index (κ2) is 14.1. The minimum atomic E-state index is -0.598. The maximum atomic E-state index is 13.2. The van der Waals surface area contributed by atoms with Gasteiger partial charge in [0.2, 0.25) is 11.8 Å². The van der Waals surface area contributed by atoms with Crippen molar-refractivity contribution in [3.05, 3.63) is 91.3 Å².